The molecule has 3 rings (SSSR count). The number of carbonyl (C=O) groups excluding carboxylic acids is 2. The number of hydrogen-bond donors (Lipinski definition) is 2. The Kier molecular flexibility index (Phi) is 6.53. The van der Waals surface area contributed by atoms with E-state index in [4.69, 9.17) is 4.74 Å². The molecule has 1 heterocycles. The van der Waals surface area contributed by atoms with Gasteiger partial charge >= 0.3 is 0 Å². The molecule has 1 aliphatic heterocycles. The van der Waals surface area contributed by atoms with Gasteiger partial charge in [0, 0.05) is 37.7 Å². The van der Waals surface area contributed by atoms with Crippen molar-refractivity contribution in [2.45, 2.75) is 32.9 Å². The summed E-state index contributed by atoms with van der Waals surface area (Å²) in [6, 6.07) is 15.6. The minimum absolute atomic E-state index is 0.0285. The van der Waals surface area contributed by atoms with Gasteiger partial charge in [-0.2, -0.15) is 0 Å². The van der Waals surface area contributed by atoms with Crippen molar-refractivity contribution >= 4 is 17.5 Å². The number of anilines is 1. The summed E-state index contributed by atoms with van der Waals surface area (Å²) in [5, 5.41) is 6.25. The van der Waals surface area contributed by atoms with E-state index >= 15 is 0 Å². The van der Waals surface area contributed by atoms with Crippen molar-refractivity contribution in [1.29, 1.82) is 0 Å². The van der Waals surface area contributed by atoms with Gasteiger partial charge in [0.15, 0.2) is 0 Å². The minimum atomic E-state index is -0.0639. The molecule has 1 unspecified atom stereocenters. The van der Waals surface area contributed by atoms with Crippen LogP contribution < -0.4 is 15.4 Å². The number of rotatable bonds is 7. The Bertz CT molecular complexity index is 837. The van der Waals surface area contributed by atoms with Crippen LogP contribution in [0.5, 0.6) is 5.75 Å². The van der Waals surface area contributed by atoms with Crippen LogP contribution in [0.2, 0.25) is 0 Å². The molecule has 1 aliphatic rings. The van der Waals surface area contributed by atoms with Crippen LogP contribution in [0.3, 0.4) is 0 Å². The lowest BCUT2D eigenvalue weighted by Gasteiger charge is -2.26. The van der Waals surface area contributed by atoms with E-state index in [1.165, 1.54) is 0 Å². The molecule has 2 N–H and O–H groups in total. The van der Waals surface area contributed by atoms with Gasteiger partial charge in [-0.15, -0.1) is 0 Å². The lowest BCUT2D eigenvalue weighted by Crippen LogP contribution is -2.35. The van der Waals surface area contributed by atoms with Crippen LogP contribution >= 0.6 is 0 Å². The van der Waals surface area contributed by atoms with Crippen LogP contribution in [0.4, 0.5) is 5.69 Å². The highest BCUT2D eigenvalue weighted by molar-refractivity contribution is 5.81. The van der Waals surface area contributed by atoms with Crippen LogP contribution in [0.25, 0.3) is 0 Å². The summed E-state index contributed by atoms with van der Waals surface area (Å²) in [4.78, 5) is 25.8. The number of amides is 2. The molecule has 0 aromatic heterocycles. The largest absolute Gasteiger partial charge is 0.493 e. The Morgan fingerprint density at radius 1 is 1.18 bits per heavy atom. The van der Waals surface area contributed by atoms with E-state index in [9.17, 15) is 9.59 Å². The summed E-state index contributed by atoms with van der Waals surface area (Å²) in [6.45, 7) is 5.55. The van der Waals surface area contributed by atoms with E-state index in [0.717, 1.165) is 29.0 Å². The summed E-state index contributed by atoms with van der Waals surface area (Å²) in [7, 11) is 0. The lowest BCUT2D eigenvalue weighted by atomic mass is 10.0. The topological polar surface area (TPSA) is 70.7 Å². The second-order valence-corrected chi connectivity index (χ2v) is 6.88. The van der Waals surface area contributed by atoms with Gasteiger partial charge in [0.25, 0.3) is 0 Å². The van der Waals surface area contributed by atoms with Gasteiger partial charge in [0.2, 0.25) is 11.8 Å². The first-order valence-electron chi connectivity index (χ1n) is 9.66. The Morgan fingerprint density at radius 3 is 2.79 bits per heavy atom. The Morgan fingerprint density at radius 2 is 2.00 bits per heavy atom. The first kappa shape index (κ1) is 19.7. The van der Waals surface area contributed by atoms with E-state index in [-0.39, 0.29) is 24.4 Å². The summed E-state index contributed by atoms with van der Waals surface area (Å²) in [5.74, 6) is 0.827. The maximum atomic E-state index is 12.4. The molecule has 0 spiro atoms. The third-order valence-electron chi connectivity index (χ3n) is 4.87. The fourth-order valence-electron chi connectivity index (χ4n) is 3.37. The van der Waals surface area contributed by atoms with E-state index in [1.807, 2.05) is 55.5 Å². The molecule has 2 aromatic rings. The van der Waals surface area contributed by atoms with E-state index in [2.05, 4.69) is 10.6 Å². The Labute approximate surface area is 165 Å². The number of ether oxygens (including phenoxy) is 1. The van der Waals surface area contributed by atoms with Crippen LogP contribution in [-0.4, -0.2) is 36.4 Å². The zero-order valence-corrected chi connectivity index (χ0v) is 16.4. The van der Waals surface area contributed by atoms with Gasteiger partial charge in [-0.05, 0) is 30.7 Å². The molecule has 0 fully saturated rings. The van der Waals surface area contributed by atoms with Crippen LogP contribution in [0.1, 0.15) is 37.4 Å². The predicted molar refractivity (Wildman–Crippen MR) is 109 cm³/mol. The second kappa shape index (κ2) is 9.26. The molecule has 2 amide bonds. The highest BCUT2D eigenvalue weighted by atomic mass is 16.5. The molecule has 1 atom stereocenters. The fourth-order valence-corrected chi connectivity index (χ4v) is 3.37. The molecule has 0 aliphatic carbocycles. The molecule has 6 heteroatoms. The maximum Gasteiger partial charge on any atom is 0.239 e. The molecule has 0 radical (unpaired) electrons. The number of nitrogens with zero attached hydrogens (tertiary/aromatic N) is 1. The predicted octanol–water partition coefficient (Wildman–Crippen LogP) is 3.11. The lowest BCUT2D eigenvalue weighted by molar-refractivity contribution is -0.129. The number of benzene rings is 2. The average Bonchev–Trinajstić information content (AvgIpc) is 2.71. The summed E-state index contributed by atoms with van der Waals surface area (Å²) < 4.78 is 5.64. The molecule has 0 saturated carbocycles. The summed E-state index contributed by atoms with van der Waals surface area (Å²) >= 11 is 0. The molecule has 0 bridgehead atoms. The molecular weight excluding hydrogens is 354 g/mol. The molecular formula is C22H27N3O3. The third-order valence-corrected chi connectivity index (χ3v) is 4.87. The summed E-state index contributed by atoms with van der Waals surface area (Å²) in [5.41, 5.74) is 2.91. The van der Waals surface area contributed by atoms with Crippen molar-refractivity contribution in [3.63, 3.8) is 0 Å². The van der Waals surface area contributed by atoms with Crippen LogP contribution in [0, 0.1) is 0 Å². The highest BCUT2D eigenvalue weighted by Crippen LogP contribution is 2.31. The molecule has 28 heavy (non-hydrogen) atoms. The zero-order chi connectivity index (χ0) is 19.9. The Balaban J connectivity index is 1.55. The zero-order valence-electron chi connectivity index (χ0n) is 16.4. The number of para-hydroxylation sites is 1. The average molecular weight is 381 g/mol. The molecule has 2 aromatic carbocycles. The van der Waals surface area contributed by atoms with Crippen molar-refractivity contribution in [1.82, 2.24) is 10.2 Å². The Hall–Kier alpha value is -3.02. The highest BCUT2D eigenvalue weighted by Gasteiger charge is 2.22. The number of fused-ring (bicyclic) bond motifs is 1. The van der Waals surface area contributed by atoms with Gasteiger partial charge in [0.05, 0.1) is 19.2 Å². The van der Waals surface area contributed by atoms with E-state index in [0.29, 0.717) is 19.7 Å². The van der Waals surface area contributed by atoms with Crippen molar-refractivity contribution < 1.29 is 14.3 Å². The minimum Gasteiger partial charge on any atom is -0.493 e. The first-order valence-corrected chi connectivity index (χ1v) is 9.66. The molecule has 6 nitrogen and oxygen atoms in total. The molecule has 148 valence electrons. The van der Waals surface area contributed by atoms with Crippen LogP contribution in [0.15, 0.2) is 48.5 Å². The SMILES string of the molecule is CCN(Cc1cccc(NCC(=O)NC2CCOc3ccccc32)c1)C(C)=O. The number of nitrogens with one attached hydrogen (secondary N) is 2. The third kappa shape index (κ3) is 5.03. The quantitative estimate of drug-likeness (QED) is 0.773. The van der Waals surface area contributed by atoms with Gasteiger partial charge in [-0.1, -0.05) is 30.3 Å². The normalized spacial score (nSPS) is 15.1. The van der Waals surface area contributed by atoms with Crippen molar-refractivity contribution in [3.05, 3.63) is 59.7 Å². The van der Waals surface area contributed by atoms with Crippen molar-refractivity contribution in [2.24, 2.45) is 0 Å². The number of hydrogen-bond acceptors (Lipinski definition) is 4. The van der Waals surface area contributed by atoms with Gasteiger partial charge < -0.3 is 20.3 Å². The standard InChI is InChI=1S/C22H27N3O3/c1-3-25(16(2)26)15-17-7-6-8-18(13-17)23-14-22(27)24-20-11-12-28-21-10-5-4-9-19(20)21/h4-10,13,20,23H,3,11-12,14-15H2,1-2H3,(H,24,27). The van der Waals surface area contributed by atoms with Crippen LogP contribution in [-0.2, 0) is 16.1 Å². The van der Waals surface area contributed by atoms with Gasteiger partial charge in [0.1, 0.15) is 5.75 Å². The monoisotopic (exact) mass is 381 g/mol. The summed E-state index contributed by atoms with van der Waals surface area (Å²) in [6.07, 6.45) is 0.760. The van der Waals surface area contributed by atoms with Crippen molar-refractivity contribution in [2.75, 3.05) is 25.0 Å². The maximum absolute atomic E-state index is 12.4. The van der Waals surface area contributed by atoms with Gasteiger partial charge in [-0.25, -0.2) is 0 Å². The second-order valence-electron chi connectivity index (χ2n) is 6.88. The van der Waals surface area contributed by atoms with Gasteiger partial charge in [-0.3, -0.25) is 9.59 Å². The molecule has 0 saturated heterocycles. The van der Waals surface area contributed by atoms with E-state index < -0.39 is 0 Å². The van der Waals surface area contributed by atoms with E-state index in [1.54, 1.807) is 11.8 Å². The number of carbonyl (C=O) groups is 2. The van der Waals surface area contributed by atoms with Crippen molar-refractivity contribution in [3.8, 4) is 5.75 Å². The fraction of sp³-hybridized carbons (Fsp3) is 0.364. The first-order chi connectivity index (χ1) is 13.6. The smallest absolute Gasteiger partial charge is 0.239 e.